The number of halogens is 1. The van der Waals surface area contributed by atoms with E-state index in [2.05, 4.69) is 33.2 Å². The second kappa shape index (κ2) is 5.97. The minimum Gasteiger partial charge on any atom is -0.346 e. The molecule has 3 aromatic rings. The van der Waals surface area contributed by atoms with Gasteiger partial charge in [-0.1, -0.05) is 18.2 Å². The van der Waals surface area contributed by atoms with Crippen LogP contribution in [0.2, 0.25) is 0 Å². The summed E-state index contributed by atoms with van der Waals surface area (Å²) in [5, 5.41) is 1.19. The molecule has 2 aromatic heterocycles. The topological polar surface area (TPSA) is 31.9 Å². The van der Waals surface area contributed by atoms with Crippen molar-refractivity contribution in [2.75, 3.05) is 13.1 Å². The van der Waals surface area contributed by atoms with Crippen molar-refractivity contribution in [3.05, 3.63) is 71.8 Å². The van der Waals surface area contributed by atoms with Crippen molar-refractivity contribution < 1.29 is 4.39 Å². The monoisotopic (exact) mass is 307 g/mol. The lowest BCUT2D eigenvalue weighted by atomic mass is 9.99. The molecule has 3 heterocycles. The predicted octanol–water partition coefficient (Wildman–Crippen LogP) is 3.99. The zero-order valence-electron chi connectivity index (χ0n) is 12.8. The standard InChI is InChI=1S/C19H18FN3/c20-16-5-3-14(4-6-16)13-23-10-7-15(8-11-23)18-12-22-19-17(18)2-1-9-21-19/h1-7,9,12H,8,10-11,13H2,(H,21,22). The Labute approximate surface area is 134 Å². The van der Waals surface area contributed by atoms with Crippen molar-refractivity contribution in [2.45, 2.75) is 13.0 Å². The number of hydrogen-bond donors (Lipinski definition) is 1. The zero-order chi connectivity index (χ0) is 15.6. The van der Waals surface area contributed by atoms with Gasteiger partial charge in [-0.05, 0) is 41.8 Å². The summed E-state index contributed by atoms with van der Waals surface area (Å²) in [5.74, 6) is -0.178. The molecule has 0 unspecified atom stereocenters. The van der Waals surface area contributed by atoms with Crippen LogP contribution in [0.1, 0.15) is 17.5 Å². The highest BCUT2D eigenvalue weighted by Crippen LogP contribution is 2.28. The van der Waals surface area contributed by atoms with Crippen LogP contribution in [0, 0.1) is 5.82 Å². The van der Waals surface area contributed by atoms with E-state index >= 15 is 0 Å². The molecule has 1 aliphatic rings. The van der Waals surface area contributed by atoms with Gasteiger partial charge in [0, 0.05) is 43.0 Å². The Morgan fingerprint density at radius 2 is 2.04 bits per heavy atom. The molecule has 1 aromatic carbocycles. The van der Waals surface area contributed by atoms with Gasteiger partial charge in [0.05, 0.1) is 0 Å². The number of aromatic amines is 1. The lowest BCUT2D eigenvalue weighted by Gasteiger charge is -2.26. The largest absolute Gasteiger partial charge is 0.346 e. The van der Waals surface area contributed by atoms with Crippen LogP contribution in [0.3, 0.4) is 0 Å². The summed E-state index contributed by atoms with van der Waals surface area (Å²) in [6.45, 7) is 2.79. The molecule has 0 saturated heterocycles. The van der Waals surface area contributed by atoms with Crippen LogP contribution in [0.25, 0.3) is 16.6 Å². The van der Waals surface area contributed by atoms with Crippen LogP contribution in [0.15, 0.2) is 54.9 Å². The number of fused-ring (bicyclic) bond motifs is 1. The van der Waals surface area contributed by atoms with Gasteiger partial charge in [0.25, 0.3) is 0 Å². The summed E-state index contributed by atoms with van der Waals surface area (Å²) in [4.78, 5) is 9.97. The van der Waals surface area contributed by atoms with Gasteiger partial charge in [-0.2, -0.15) is 0 Å². The van der Waals surface area contributed by atoms with Crippen LogP contribution in [-0.4, -0.2) is 28.0 Å². The normalized spacial score (nSPS) is 15.8. The highest BCUT2D eigenvalue weighted by atomic mass is 19.1. The lowest BCUT2D eigenvalue weighted by Crippen LogP contribution is -2.27. The molecule has 4 heteroatoms. The molecule has 0 radical (unpaired) electrons. The van der Waals surface area contributed by atoms with E-state index < -0.39 is 0 Å². The third kappa shape index (κ3) is 2.90. The van der Waals surface area contributed by atoms with Gasteiger partial charge in [0.15, 0.2) is 0 Å². The molecular formula is C19H18FN3. The maximum atomic E-state index is 13.0. The van der Waals surface area contributed by atoms with E-state index in [1.807, 2.05) is 24.4 Å². The summed E-state index contributed by atoms with van der Waals surface area (Å²) in [5.41, 5.74) is 4.73. The van der Waals surface area contributed by atoms with Gasteiger partial charge in [0.1, 0.15) is 11.5 Å². The Bertz CT molecular complexity index is 848. The smallest absolute Gasteiger partial charge is 0.137 e. The van der Waals surface area contributed by atoms with E-state index in [1.54, 1.807) is 0 Å². The van der Waals surface area contributed by atoms with E-state index in [-0.39, 0.29) is 5.82 Å². The summed E-state index contributed by atoms with van der Waals surface area (Å²) in [7, 11) is 0. The number of rotatable bonds is 3. The van der Waals surface area contributed by atoms with Crippen molar-refractivity contribution in [3.8, 4) is 0 Å². The molecular weight excluding hydrogens is 289 g/mol. The first-order valence-corrected chi connectivity index (χ1v) is 7.88. The molecule has 4 rings (SSSR count). The number of pyridine rings is 1. The second-order valence-corrected chi connectivity index (χ2v) is 5.94. The van der Waals surface area contributed by atoms with E-state index in [9.17, 15) is 4.39 Å². The molecule has 1 N–H and O–H groups in total. The third-order valence-corrected chi connectivity index (χ3v) is 4.41. The van der Waals surface area contributed by atoms with Gasteiger partial charge in [0.2, 0.25) is 0 Å². The Kier molecular flexibility index (Phi) is 3.67. The van der Waals surface area contributed by atoms with Gasteiger partial charge < -0.3 is 4.98 Å². The van der Waals surface area contributed by atoms with Crippen molar-refractivity contribution in [1.82, 2.24) is 14.9 Å². The van der Waals surface area contributed by atoms with Crippen molar-refractivity contribution in [1.29, 1.82) is 0 Å². The van der Waals surface area contributed by atoms with Crippen molar-refractivity contribution in [2.24, 2.45) is 0 Å². The molecule has 0 amide bonds. The molecule has 1 aliphatic heterocycles. The van der Waals surface area contributed by atoms with E-state index in [0.29, 0.717) is 0 Å². The number of nitrogens with one attached hydrogen (secondary N) is 1. The fraction of sp³-hybridized carbons (Fsp3) is 0.211. The van der Waals surface area contributed by atoms with Crippen LogP contribution in [0.4, 0.5) is 4.39 Å². The van der Waals surface area contributed by atoms with Crippen LogP contribution < -0.4 is 0 Å². The SMILES string of the molecule is Fc1ccc(CN2CC=C(c3c[nH]c4ncccc34)CC2)cc1. The average Bonchev–Trinajstić information content (AvgIpc) is 3.02. The highest BCUT2D eigenvalue weighted by Gasteiger charge is 2.16. The van der Waals surface area contributed by atoms with E-state index in [0.717, 1.165) is 37.3 Å². The Hall–Kier alpha value is -2.46. The number of hydrogen-bond acceptors (Lipinski definition) is 2. The van der Waals surface area contributed by atoms with Crippen LogP contribution in [0.5, 0.6) is 0 Å². The molecule has 0 aliphatic carbocycles. The summed E-state index contributed by atoms with van der Waals surface area (Å²) < 4.78 is 13.0. The predicted molar refractivity (Wildman–Crippen MR) is 90.4 cm³/mol. The van der Waals surface area contributed by atoms with Crippen molar-refractivity contribution >= 4 is 16.6 Å². The van der Waals surface area contributed by atoms with Crippen molar-refractivity contribution in [3.63, 3.8) is 0 Å². The molecule has 116 valence electrons. The molecule has 0 spiro atoms. The third-order valence-electron chi connectivity index (χ3n) is 4.41. The molecule has 23 heavy (non-hydrogen) atoms. The lowest BCUT2D eigenvalue weighted by molar-refractivity contribution is 0.294. The molecule has 0 saturated carbocycles. The minimum atomic E-state index is -0.178. The fourth-order valence-corrected chi connectivity index (χ4v) is 3.17. The number of nitrogens with zero attached hydrogens (tertiary/aromatic N) is 2. The van der Waals surface area contributed by atoms with Gasteiger partial charge in [-0.3, -0.25) is 4.90 Å². The summed E-state index contributed by atoms with van der Waals surface area (Å²) in [6.07, 6.45) is 7.17. The van der Waals surface area contributed by atoms with Gasteiger partial charge in [-0.25, -0.2) is 9.37 Å². The Morgan fingerprint density at radius 3 is 2.83 bits per heavy atom. The molecule has 0 fully saturated rings. The van der Waals surface area contributed by atoms with E-state index in [1.165, 1.54) is 28.7 Å². The number of H-pyrrole nitrogens is 1. The first-order chi connectivity index (χ1) is 11.3. The maximum absolute atomic E-state index is 13.0. The number of benzene rings is 1. The average molecular weight is 307 g/mol. The first-order valence-electron chi connectivity index (χ1n) is 7.88. The van der Waals surface area contributed by atoms with Crippen LogP contribution in [-0.2, 0) is 6.54 Å². The fourth-order valence-electron chi connectivity index (χ4n) is 3.17. The summed E-state index contributed by atoms with van der Waals surface area (Å²) >= 11 is 0. The molecule has 3 nitrogen and oxygen atoms in total. The van der Waals surface area contributed by atoms with E-state index in [4.69, 9.17) is 0 Å². The Morgan fingerprint density at radius 1 is 1.17 bits per heavy atom. The number of aromatic nitrogens is 2. The maximum Gasteiger partial charge on any atom is 0.137 e. The van der Waals surface area contributed by atoms with Crippen LogP contribution >= 0.6 is 0 Å². The highest BCUT2D eigenvalue weighted by molar-refractivity contribution is 5.90. The second-order valence-electron chi connectivity index (χ2n) is 5.94. The van der Waals surface area contributed by atoms with Gasteiger partial charge in [-0.15, -0.1) is 0 Å². The van der Waals surface area contributed by atoms with Gasteiger partial charge >= 0.3 is 0 Å². The first kappa shape index (κ1) is 14.2. The Balaban J connectivity index is 1.49. The minimum absolute atomic E-state index is 0.178. The molecule has 0 bridgehead atoms. The molecule has 0 atom stereocenters. The summed E-state index contributed by atoms with van der Waals surface area (Å²) in [6, 6.07) is 10.9. The zero-order valence-corrected chi connectivity index (χ0v) is 12.8. The quantitative estimate of drug-likeness (QED) is 0.793.